The summed E-state index contributed by atoms with van der Waals surface area (Å²) in [5.41, 5.74) is 2.74. The SMILES string of the molecule is [C-]#[N+]c1cccc2cc(C)[nH]c12. The molecule has 0 aliphatic heterocycles. The number of nitrogens with one attached hydrogen (secondary N) is 1. The first kappa shape index (κ1) is 6.93. The largest absolute Gasteiger partial charge is 0.368 e. The zero-order chi connectivity index (χ0) is 8.55. The summed E-state index contributed by atoms with van der Waals surface area (Å²) in [6.45, 7) is 8.93. The summed E-state index contributed by atoms with van der Waals surface area (Å²) < 4.78 is 0. The number of para-hydroxylation sites is 1. The van der Waals surface area contributed by atoms with Crippen LogP contribution in [-0.2, 0) is 0 Å². The van der Waals surface area contributed by atoms with Gasteiger partial charge in [0.15, 0.2) is 0 Å². The van der Waals surface area contributed by atoms with E-state index in [1.54, 1.807) is 0 Å². The number of hydrogen-bond donors (Lipinski definition) is 1. The van der Waals surface area contributed by atoms with Crippen LogP contribution in [0, 0.1) is 13.5 Å². The molecule has 1 N–H and O–H groups in total. The highest BCUT2D eigenvalue weighted by Gasteiger charge is 2.01. The van der Waals surface area contributed by atoms with Crippen molar-refractivity contribution in [1.82, 2.24) is 4.98 Å². The van der Waals surface area contributed by atoms with Gasteiger partial charge in [-0.05, 0) is 18.4 Å². The second-order valence-electron chi connectivity index (χ2n) is 2.81. The van der Waals surface area contributed by atoms with Crippen molar-refractivity contribution in [2.45, 2.75) is 6.92 Å². The Morgan fingerprint density at radius 1 is 1.42 bits per heavy atom. The van der Waals surface area contributed by atoms with Crippen LogP contribution < -0.4 is 0 Å². The summed E-state index contributed by atoms with van der Waals surface area (Å²) in [7, 11) is 0. The van der Waals surface area contributed by atoms with Gasteiger partial charge < -0.3 is 4.98 Å². The Bertz CT molecular complexity index is 460. The Hall–Kier alpha value is -1.75. The van der Waals surface area contributed by atoms with Crippen LogP contribution in [0.15, 0.2) is 24.3 Å². The van der Waals surface area contributed by atoms with E-state index in [0.29, 0.717) is 5.69 Å². The van der Waals surface area contributed by atoms with Crippen molar-refractivity contribution in [3.63, 3.8) is 0 Å². The van der Waals surface area contributed by atoms with E-state index in [2.05, 4.69) is 9.83 Å². The van der Waals surface area contributed by atoms with Crippen molar-refractivity contribution >= 4 is 16.6 Å². The van der Waals surface area contributed by atoms with Gasteiger partial charge in [0, 0.05) is 5.69 Å². The molecule has 2 nitrogen and oxygen atoms in total. The normalized spacial score (nSPS) is 10.0. The molecule has 0 radical (unpaired) electrons. The molecule has 0 aliphatic carbocycles. The predicted octanol–water partition coefficient (Wildman–Crippen LogP) is 3.03. The summed E-state index contributed by atoms with van der Waals surface area (Å²) >= 11 is 0. The highest BCUT2D eigenvalue weighted by Crippen LogP contribution is 2.25. The molecule has 2 heteroatoms. The van der Waals surface area contributed by atoms with Gasteiger partial charge in [-0.2, -0.15) is 0 Å². The smallest absolute Gasteiger partial charge is 0.210 e. The zero-order valence-corrected chi connectivity index (χ0v) is 6.76. The molecule has 2 rings (SSSR count). The van der Waals surface area contributed by atoms with Crippen LogP contribution in [0.3, 0.4) is 0 Å². The number of nitrogens with zero attached hydrogens (tertiary/aromatic N) is 1. The summed E-state index contributed by atoms with van der Waals surface area (Å²) in [6, 6.07) is 7.78. The average molecular weight is 156 g/mol. The Morgan fingerprint density at radius 2 is 2.25 bits per heavy atom. The first-order valence-corrected chi connectivity index (χ1v) is 3.77. The third-order valence-corrected chi connectivity index (χ3v) is 1.89. The third kappa shape index (κ3) is 0.876. The number of benzene rings is 1. The predicted molar refractivity (Wildman–Crippen MR) is 49.3 cm³/mol. The fourth-order valence-electron chi connectivity index (χ4n) is 1.37. The van der Waals surface area contributed by atoms with Crippen LogP contribution in [0.4, 0.5) is 5.69 Å². The molecule has 0 saturated carbocycles. The lowest BCUT2D eigenvalue weighted by Gasteiger charge is -1.90. The van der Waals surface area contributed by atoms with Crippen molar-refractivity contribution in [2.75, 3.05) is 0 Å². The summed E-state index contributed by atoms with van der Waals surface area (Å²) in [5.74, 6) is 0. The summed E-state index contributed by atoms with van der Waals surface area (Å²) in [4.78, 5) is 6.60. The number of rotatable bonds is 0. The molecule has 0 aliphatic rings. The van der Waals surface area contributed by atoms with E-state index in [1.165, 1.54) is 0 Å². The molecule has 0 amide bonds. The number of aromatic nitrogens is 1. The summed E-state index contributed by atoms with van der Waals surface area (Å²) in [6.07, 6.45) is 0. The molecular weight excluding hydrogens is 148 g/mol. The molecule has 0 spiro atoms. The fourth-order valence-corrected chi connectivity index (χ4v) is 1.37. The quantitative estimate of drug-likeness (QED) is 0.566. The molecule has 2 aromatic rings. The molecule has 12 heavy (non-hydrogen) atoms. The lowest BCUT2D eigenvalue weighted by molar-refractivity contribution is 1.30. The molecule has 0 fully saturated rings. The Balaban J connectivity index is 2.89. The van der Waals surface area contributed by atoms with Crippen molar-refractivity contribution in [3.8, 4) is 0 Å². The maximum atomic E-state index is 6.94. The van der Waals surface area contributed by atoms with E-state index >= 15 is 0 Å². The van der Waals surface area contributed by atoms with E-state index in [1.807, 2.05) is 31.2 Å². The highest BCUT2D eigenvalue weighted by atomic mass is 14.8. The first-order valence-electron chi connectivity index (χ1n) is 3.77. The van der Waals surface area contributed by atoms with Gasteiger partial charge in [0.2, 0.25) is 5.69 Å². The van der Waals surface area contributed by atoms with E-state index in [9.17, 15) is 0 Å². The van der Waals surface area contributed by atoms with E-state index in [0.717, 1.165) is 16.6 Å². The molecule has 1 aromatic heterocycles. The maximum absolute atomic E-state index is 6.94. The fraction of sp³-hybridized carbons (Fsp3) is 0.100. The van der Waals surface area contributed by atoms with Crippen molar-refractivity contribution < 1.29 is 0 Å². The summed E-state index contributed by atoms with van der Waals surface area (Å²) in [5, 5.41) is 1.11. The average Bonchev–Trinajstić information content (AvgIpc) is 2.44. The minimum atomic E-state index is 0.695. The molecule has 1 heterocycles. The van der Waals surface area contributed by atoms with Gasteiger partial charge in [0.1, 0.15) is 0 Å². The second-order valence-corrected chi connectivity index (χ2v) is 2.81. The molecule has 1 aromatic carbocycles. The van der Waals surface area contributed by atoms with E-state index in [-0.39, 0.29) is 0 Å². The lowest BCUT2D eigenvalue weighted by atomic mass is 10.2. The van der Waals surface area contributed by atoms with Crippen LogP contribution in [0.25, 0.3) is 15.7 Å². The van der Waals surface area contributed by atoms with Gasteiger partial charge in [0.25, 0.3) is 0 Å². The highest BCUT2D eigenvalue weighted by molar-refractivity contribution is 5.91. The number of hydrogen-bond acceptors (Lipinski definition) is 0. The van der Waals surface area contributed by atoms with Crippen LogP contribution in [0.1, 0.15) is 5.69 Å². The number of fused-ring (bicyclic) bond motifs is 1. The molecule has 0 atom stereocenters. The van der Waals surface area contributed by atoms with Gasteiger partial charge >= 0.3 is 0 Å². The topological polar surface area (TPSA) is 20.1 Å². The van der Waals surface area contributed by atoms with E-state index < -0.39 is 0 Å². The van der Waals surface area contributed by atoms with Crippen LogP contribution in [0.5, 0.6) is 0 Å². The van der Waals surface area contributed by atoms with Gasteiger partial charge in [0.05, 0.1) is 12.1 Å². The van der Waals surface area contributed by atoms with Crippen LogP contribution in [0.2, 0.25) is 0 Å². The van der Waals surface area contributed by atoms with Crippen molar-refractivity contribution in [1.29, 1.82) is 0 Å². The first-order chi connectivity index (χ1) is 5.81. The van der Waals surface area contributed by atoms with Crippen molar-refractivity contribution in [2.24, 2.45) is 0 Å². The molecule has 58 valence electrons. The Labute approximate surface area is 70.7 Å². The Kier molecular flexibility index (Phi) is 1.38. The molecule has 0 bridgehead atoms. The standard InChI is InChI=1S/C10H8N2/c1-7-6-8-4-3-5-9(11-2)10(8)12-7/h3-6,12H,1H3. The lowest BCUT2D eigenvalue weighted by Crippen LogP contribution is -1.68. The van der Waals surface area contributed by atoms with E-state index in [4.69, 9.17) is 6.57 Å². The third-order valence-electron chi connectivity index (χ3n) is 1.89. The van der Waals surface area contributed by atoms with Crippen molar-refractivity contribution in [3.05, 3.63) is 41.4 Å². The van der Waals surface area contributed by atoms with Gasteiger partial charge in [-0.15, -0.1) is 0 Å². The Morgan fingerprint density at radius 3 is 3.00 bits per heavy atom. The number of aromatic amines is 1. The monoisotopic (exact) mass is 156 g/mol. The van der Waals surface area contributed by atoms with Crippen LogP contribution in [-0.4, -0.2) is 4.98 Å². The van der Waals surface area contributed by atoms with Crippen LogP contribution >= 0.6 is 0 Å². The maximum Gasteiger partial charge on any atom is 0.210 e. The minimum Gasteiger partial charge on any atom is -0.368 e. The molecular formula is C10H8N2. The second kappa shape index (κ2) is 2.38. The van der Waals surface area contributed by atoms with Gasteiger partial charge in [-0.3, -0.25) is 0 Å². The molecule has 0 unspecified atom stereocenters. The van der Waals surface area contributed by atoms with Gasteiger partial charge in [-0.1, -0.05) is 18.2 Å². The number of aryl methyl sites for hydroxylation is 1. The van der Waals surface area contributed by atoms with Gasteiger partial charge in [-0.25, -0.2) is 4.85 Å². The number of H-pyrrole nitrogens is 1. The minimum absolute atomic E-state index is 0.695. The molecule has 0 saturated heterocycles. The zero-order valence-electron chi connectivity index (χ0n) is 6.76.